The Bertz CT molecular complexity index is 2710. The Balaban J connectivity index is 0.000000343. The summed E-state index contributed by atoms with van der Waals surface area (Å²) >= 11 is 0. The van der Waals surface area contributed by atoms with E-state index in [2.05, 4.69) is 105 Å². The summed E-state index contributed by atoms with van der Waals surface area (Å²) in [5.74, 6) is 0. The molecule has 1 radical (unpaired) electrons. The molecule has 0 aliphatic heterocycles. The van der Waals surface area contributed by atoms with E-state index in [9.17, 15) is 10.5 Å². The van der Waals surface area contributed by atoms with E-state index >= 15 is 0 Å². The molecule has 9 nitrogen and oxygen atoms in total. The second-order valence-electron chi connectivity index (χ2n) is 16.5. The number of hydrogen-bond acceptors (Lipinski definition) is 5. The van der Waals surface area contributed by atoms with Gasteiger partial charge >= 0.3 is 0 Å². The Morgan fingerprint density at radius 1 is 0.754 bits per heavy atom. The Labute approximate surface area is 373 Å². The monoisotopic (exact) mass is 975 g/mol. The molecule has 10 heteroatoms. The fourth-order valence-corrected chi connectivity index (χ4v) is 6.62. The quantitative estimate of drug-likeness (QED) is 0.0857. The summed E-state index contributed by atoms with van der Waals surface area (Å²) in [7, 11) is 1.96. The van der Waals surface area contributed by atoms with Crippen molar-refractivity contribution in [2.45, 2.75) is 78.1 Å². The van der Waals surface area contributed by atoms with Crippen LogP contribution in [0.25, 0.3) is 49.1 Å². The van der Waals surface area contributed by atoms with Crippen molar-refractivity contribution < 1.29 is 24.7 Å². The molecule has 7 aromatic rings. The molecule has 61 heavy (non-hydrogen) atoms. The van der Waals surface area contributed by atoms with Gasteiger partial charge in [0.05, 0.1) is 19.1 Å². The van der Waals surface area contributed by atoms with Crippen molar-refractivity contribution in [2.75, 3.05) is 0 Å². The Kier molecular flexibility index (Phi) is 14.5. The average Bonchev–Trinajstić information content (AvgIpc) is 3.60. The second-order valence-corrected chi connectivity index (χ2v) is 16.5. The van der Waals surface area contributed by atoms with Crippen LogP contribution in [0, 0.1) is 60.3 Å². The van der Waals surface area contributed by atoms with Crippen LogP contribution in [0.1, 0.15) is 88.0 Å². The van der Waals surface area contributed by atoms with Crippen LogP contribution in [0.4, 0.5) is 11.4 Å². The first-order valence-electron chi connectivity index (χ1n) is 19.6. The number of unbranched alkanes of at least 4 members (excludes halogenated alkanes) is 1. The smallest absolute Gasteiger partial charge is 0.243 e. The first-order chi connectivity index (χ1) is 28.7. The second kappa shape index (κ2) is 19.5. The Morgan fingerprint density at radius 3 is 1.95 bits per heavy atom. The van der Waals surface area contributed by atoms with Crippen molar-refractivity contribution in [1.29, 1.82) is 10.5 Å². The summed E-state index contributed by atoms with van der Waals surface area (Å²) in [6.45, 7) is 27.9. The van der Waals surface area contributed by atoms with Crippen LogP contribution < -0.4 is 4.57 Å². The van der Waals surface area contributed by atoms with Gasteiger partial charge in [-0.3, -0.25) is 4.98 Å². The van der Waals surface area contributed by atoms with Crippen molar-refractivity contribution in [3.05, 3.63) is 172 Å². The minimum Gasteiger partial charge on any atom is -0.326 e. The van der Waals surface area contributed by atoms with Gasteiger partial charge in [0.25, 0.3) is 0 Å². The van der Waals surface area contributed by atoms with Crippen molar-refractivity contribution in [2.24, 2.45) is 7.05 Å². The fraction of sp³-hybridized carbons (Fsp3) is 0.255. The van der Waals surface area contributed by atoms with E-state index in [1.54, 1.807) is 30.5 Å². The van der Waals surface area contributed by atoms with E-state index in [4.69, 9.17) is 23.1 Å². The molecule has 0 spiro atoms. The van der Waals surface area contributed by atoms with Crippen LogP contribution >= 0.6 is 0 Å². The molecule has 3 aromatic carbocycles. The molecule has 0 saturated heterocycles. The third-order valence-electron chi connectivity index (χ3n) is 9.99. The van der Waals surface area contributed by atoms with E-state index < -0.39 is 0 Å². The zero-order chi connectivity index (χ0) is 43.0. The molecule has 0 unspecified atom stereocenters. The van der Waals surface area contributed by atoms with Gasteiger partial charge in [-0.25, -0.2) is 15.4 Å². The molecule has 305 valence electrons. The van der Waals surface area contributed by atoms with E-state index in [-0.39, 0.29) is 30.9 Å². The van der Waals surface area contributed by atoms with Crippen molar-refractivity contribution in [3.8, 4) is 40.3 Å². The number of benzene rings is 3. The van der Waals surface area contributed by atoms with Gasteiger partial charge < -0.3 is 19.1 Å². The number of fused-ring (bicyclic) bond motifs is 1. The number of nitrogens with zero attached hydrogens (tertiary/aromatic N) is 9. The minimum atomic E-state index is -0.115. The molecular formula is C51H44IrN9-3. The number of para-hydroxylation sites is 1. The molecule has 0 fully saturated rings. The third kappa shape index (κ3) is 10.9. The topological polar surface area (TPSA) is 104 Å². The normalized spacial score (nSPS) is 10.9. The average molecular weight is 975 g/mol. The summed E-state index contributed by atoms with van der Waals surface area (Å²) < 4.78 is 3.85. The van der Waals surface area contributed by atoms with E-state index in [1.807, 2.05) is 64.7 Å². The largest absolute Gasteiger partial charge is 0.326 e. The number of pyridine rings is 3. The van der Waals surface area contributed by atoms with Crippen LogP contribution in [0.15, 0.2) is 91.1 Å². The maximum absolute atomic E-state index is 9.76. The number of nitriles is 2. The van der Waals surface area contributed by atoms with Crippen LogP contribution in [0.5, 0.6) is 0 Å². The van der Waals surface area contributed by atoms with Crippen molar-refractivity contribution in [1.82, 2.24) is 19.5 Å². The summed E-state index contributed by atoms with van der Waals surface area (Å²) in [6, 6.07) is 40.2. The molecule has 0 amide bonds. The number of hydrogen-bond donors (Lipinski definition) is 0. The van der Waals surface area contributed by atoms with Gasteiger partial charge in [0.1, 0.15) is 12.2 Å². The zero-order valence-corrected chi connectivity index (χ0v) is 37.7. The maximum Gasteiger partial charge on any atom is 0.243 e. The first-order valence-corrected chi connectivity index (χ1v) is 19.6. The molecule has 0 bridgehead atoms. The van der Waals surface area contributed by atoms with Crippen molar-refractivity contribution >= 4 is 22.5 Å². The Morgan fingerprint density at radius 2 is 1.39 bits per heavy atom. The van der Waals surface area contributed by atoms with Gasteiger partial charge in [-0.1, -0.05) is 89.2 Å². The number of aryl methyl sites for hydroxylation is 3. The van der Waals surface area contributed by atoms with E-state index in [0.717, 1.165) is 65.0 Å². The van der Waals surface area contributed by atoms with Crippen LogP contribution in [0.2, 0.25) is 0 Å². The predicted molar refractivity (Wildman–Crippen MR) is 233 cm³/mol. The fourth-order valence-electron chi connectivity index (χ4n) is 6.62. The first kappa shape index (κ1) is 45.3. The standard InChI is InChI=1S/C38H34N6.C13H10N3.Ir/c1-37(2,3)27-19-30(43-35(21-27)32-16-14-29(41-7)18-26(32)24-40)11-9-10-12-31-20-28(38(4,5)6)22-36(44-31)33-15-13-25(23-39)17-34(33)42-8;1-15-10-16(11-6-3-2-4-7-11)13-12(15)8-5-9-14-13;/h13-14,17-22H,9-12H2,1-6H3;2-6,8-9H,1H3;/q-2;-1;. The van der Waals surface area contributed by atoms with Crippen molar-refractivity contribution in [3.63, 3.8) is 0 Å². The molecule has 0 N–H and O–H groups in total. The van der Waals surface area contributed by atoms with Gasteiger partial charge in [-0.05, 0) is 88.4 Å². The van der Waals surface area contributed by atoms with Crippen LogP contribution in [-0.2, 0) is 50.8 Å². The zero-order valence-electron chi connectivity index (χ0n) is 35.3. The summed E-state index contributed by atoms with van der Waals surface area (Å²) in [5, 5.41) is 19.0. The summed E-state index contributed by atoms with van der Waals surface area (Å²) in [5.41, 5.74) is 11.0. The minimum absolute atomic E-state index is 0. The maximum atomic E-state index is 9.76. The van der Waals surface area contributed by atoms with Gasteiger partial charge in [-0.2, -0.15) is 35.2 Å². The summed E-state index contributed by atoms with van der Waals surface area (Å²) in [6.07, 6.45) is 8.29. The molecule has 4 aromatic heterocycles. The number of aromatic nitrogens is 5. The van der Waals surface area contributed by atoms with Gasteiger partial charge in [-0.15, -0.1) is 23.8 Å². The van der Waals surface area contributed by atoms with Gasteiger partial charge in [0.2, 0.25) is 12.0 Å². The molecule has 7 rings (SSSR count). The van der Waals surface area contributed by atoms with Crippen LogP contribution in [-0.4, -0.2) is 19.5 Å². The molecule has 0 aliphatic rings. The molecule has 0 atom stereocenters. The van der Waals surface area contributed by atoms with Crippen LogP contribution in [0.3, 0.4) is 0 Å². The molecule has 0 aliphatic carbocycles. The van der Waals surface area contributed by atoms with E-state index in [0.29, 0.717) is 45.0 Å². The number of rotatable bonds is 8. The molecular weight excluding hydrogens is 931 g/mol. The molecule has 0 saturated carbocycles. The third-order valence-corrected chi connectivity index (χ3v) is 9.99. The number of imidazole rings is 1. The van der Waals surface area contributed by atoms with Gasteiger partial charge in [0.15, 0.2) is 5.69 Å². The van der Waals surface area contributed by atoms with E-state index in [1.165, 1.54) is 0 Å². The molecule has 4 heterocycles. The Hall–Kier alpha value is -6.81. The van der Waals surface area contributed by atoms with Gasteiger partial charge in [0, 0.05) is 49.8 Å². The summed E-state index contributed by atoms with van der Waals surface area (Å²) in [4.78, 5) is 21.3. The SMILES string of the molecule is C[n+]1[c-]n(-c2[c-]cccc2)c2ncccc21.[C-]#[N+]c1c[c-]c(-c2cc(C(C)(C)C)cc(CCCCc3cc(C(C)(C)C)cc(-c4[c-]cc(C#N)cc4[N+]#[C-])n3)n2)c(C#N)c1.[Ir]. The predicted octanol–water partition coefficient (Wildman–Crippen LogP) is 10.9.